The van der Waals surface area contributed by atoms with Crippen LogP contribution in [0.5, 0.6) is 0 Å². The molecular formula is C24H29N3S. The quantitative estimate of drug-likeness (QED) is 0.479. The van der Waals surface area contributed by atoms with E-state index in [1.807, 2.05) is 45.2 Å². The van der Waals surface area contributed by atoms with Gasteiger partial charge < -0.3 is 4.98 Å². The summed E-state index contributed by atoms with van der Waals surface area (Å²) in [4.78, 5) is 13.0. The van der Waals surface area contributed by atoms with Crippen LogP contribution in [0, 0.1) is 12.8 Å². The van der Waals surface area contributed by atoms with E-state index in [1.54, 1.807) is 11.3 Å². The van der Waals surface area contributed by atoms with Gasteiger partial charge in [0.25, 0.3) is 0 Å². The number of pyridine rings is 1. The molecular weight excluding hydrogens is 362 g/mol. The van der Waals surface area contributed by atoms with E-state index in [4.69, 9.17) is 9.97 Å². The fourth-order valence-electron chi connectivity index (χ4n) is 3.17. The molecule has 3 aromatic rings. The van der Waals surface area contributed by atoms with E-state index in [0.29, 0.717) is 5.92 Å². The molecule has 0 atom stereocenters. The maximum atomic E-state index is 4.93. The second-order valence-corrected chi connectivity index (χ2v) is 7.82. The minimum absolute atomic E-state index is 0. The van der Waals surface area contributed by atoms with Crippen LogP contribution in [0.4, 0.5) is 0 Å². The SMILES string of the molecule is CC.Cc1ccc(CC(C)C)c(-c2nc(-c3c[nH]c4c3C=CC=C=C4)cs2)n1.[HH]. The molecule has 0 unspecified atom stereocenters. The van der Waals surface area contributed by atoms with Gasteiger partial charge >= 0.3 is 0 Å². The molecule has 3 heterocycles. The van der Waals surface area contributed by atoms with Crippen LogP contribution in [0.2, 0.25) is 0 Å². The first kappa shape index (κ1) is 20.1. The third kappa shape index (κ3) is 4.24. The minimum Gasteiger partial charge on any atom is -0.360 e. The van der Waals surface area contributed by atoms with Crippen LogP contribution in [-0.4, -0.2) is 15.0 Å². The Kier molecular flexibility index (Phi) is 6.45. The predicted molar refractivity (Wildman–Crippen MR) is 123 cm³/mol. The van der Waals surface area contributed by atoms with Gasteiger partial charge in [-0.15, -0.1) is 17.1 Å². The monoisotopic (exact) mass is 391 g/mol. The van der Waals surface area contributed by atoms with Gasteiger partial charge in [0, 0.05) is 35.9 Å². The van der Waals surface area contributed by atoms with Crippen molar-refractivity contribution >= 4 is 23.5 Å². The molecule has 0 spiro atoms. The Morgan fingerprint density at radius 1 is 1.21 bits per heavy atom. The van der Waals surface area contributed by atoms with Crippen molar-refractivity contribution in [2.75, 3.05) is 0 Å². The Morgan fingerprint density at radius 2 is 2.04 bits per heavy atom. The van der Waals surface area contributed by atoms with E-state index >= 15 is 0 Å². The highest BCUT2D eigenvalue weighted by molar-refractivity contribution is 7.13. The highest BCUT2D eigenvalue weighted by Crippen LogP contribution is 2.34. The standard InChI is InChI=1S/C22H21N3S.C2H6.H2/c1-14(2)11-16-10-9-15(3)24-21(16)22-25-20(13-26-22)18-12-23-19-8-6-4-5-7-17(18)19;1-2;/h4-5,7-10,12-14,23H,11H2,1-3H3;1-2H3;1H. The maximum absolute atomic E-state index is 4.93. The fraction of sp³-hybridized carbons (Fsp3) is 0.292. The zero-order valence-corrected chi connectivity index (χ0v) is 18.0. The first-order valence-electron chi connectivity index (χ1n) is 9.85. The van der Waals surface area contributed by atoms with Crippen LogP contribution in [0.15, 0.2) is 41.6 Å². The number of rotatable bonds is 4. The number of aromatic amines is 1. The summed E-state index contributed by atoms with van der Waals surface area (Å²) in [6, 6.07) is 4.28. The number of H-pyrrole nitrogens is 1. The van der Waals surface area contributed by atoms with Crippen LogP contribution in [-0.2, 0) is 6.42 Å². The molecule has 0 radical (unpaired) electrons. The van der Waals surface area contributed by atoms with E-state index in [1.165, 1.54) is 5.56 Å². The zero-order valence-electron chi connectivity index (χ0n) is 17.2. The molecule has 1 N–H and O–H groups in total. The molecule has 1 aliphatic rings. The number of aryl methyl sites for hydroxylation is 1. The van der Waals surface area contributed by atoms with Gasteiger partial charge in [-0.05, 0) is 37.0 Å². The molecule has 0 fully saturated rings. The van der Waals surface area contributed by atoms with Crippen molar-refractivity contribution in [1.29, 1.82) is 0 Å². The van der Waals surface area contributed by atoms with E-state index in [9.17, 15) is 0 Å². The lowest BCUT2D eigenvalue weighted by atomic mass is 10.0. The number of fused-ring (bicyclic) bond motifs is 1. The molecule has 0 aliphatic heterocycles. The van der Waals surface area contributed by atoms with E-state index in [2.05, 4.69) is 48.2 Å². The first-order chi connectivity index (χ1) is 13.6. The van der Waals surface area contributed by atoms with Crippen LogP contribution in [0.1, 0.15) is 51.6 Å². The van der Waals surface area contributed by atoms with Crippen molar-refractivity contribution < 1.29 is 1.43 Å². The molecule has 0 amide bonds. The van der Waals surface area contributed by atoms with Crippen molar-refractivity contribution in [2.24, 2.45) is 5.92 Å². The van der Waals surface area contributed by atoms with Crippen LogP contribution in [0.3, 0.4) is 0 Å². The predicted octanol–water partition coefficient (Wildman–Crippen LogP) is 7.17. The molecule has 0 aromatic carbocycles. The average molecular weight is 392 g/mol. The Labute approximate surface area is 173 Å². The molecule has 3 aromatic heterocycles. The highest BCUT2D eigenvalue weighted by Gasteiger charge is 2.16. The third-order valence-electron chi connectivity index (χ3n) is 4.36. The lowest BCUT2D eigenvalue weighted by molar-refractivity contribution is 0.646. The normalized spacial score (nSPS) is 11.9. The third-order valence-corrected chi connectivity index (χ3v) is 5.21. The van der Waals surface area contributed by atoms with E-state index in [-0.39, 0.29) is 1.43 Å². The van der Waals surface area contributed by atoms with Gasteiger partial charge in [-0.1, -0.05) is 45.9 Å². The summed E-state index contributed by atoms with van der Waals surface area (Å²) in [5.41, 5.74) is 10.8. The molecule has 28 heavy (non-hydrogen) atoms. The number of allylic oxidation sites excluding steroid dienone is 2. The topological polar surface area (TPSA) is 41.6 Å². The van der Waals surface area contributed by atoms with Gasteiger partial charge in [-0.3, -0.25) is 4.98 Å². The Bertz CT molecular complexity index is 1050. The highest BCUT2D eigenvalue weighted by atomic mass is 32.1. The molecule has 0 saturated carbocycles. The summed E-state index contributed by atoms with van der Waals surface area (Å²) in [6.07, 6.45) is 11.0. The summed E-state index contributed by atoms with van der Waals surface area (Å²) in [5.74, 6) is 0.586. The van der Waals surface area contributed by atoms with Crippen molar-refractivity contribution in [2.45, 2.75) is 41.0 Å². The summed E-state index contributed by atoms with van der Waals surface area (Å²) >= 11 is 1.66. The molecule has 4 heteroatoms. The smallest absolute Gasteiger partial charge is 0.142 e. The van der Waals surface area contributed by atoms with Crippen molar-refractivity contribution in [3.63, 3.8) is 0 Å². The van der Waals surface area contributed by atoms with Gasteiger partial charge in [0.15, 0.2) is 0 Å². The van der Waals surface area contributed by atoms with Gasteiger partial charge in [0.1, 0.15) is 10.7 Å². The summed E-state index contributed by atoms with van der Waals surface area (Å²) in [5, 5.41) is 3.11. The van der Waals surface area contributed by atoms with Crippen LogP contribution < -0.4 is 0 Å². The maximum Gasteiger partial charge on any atom is 0.142 e. The molecule has 3 nitrogen and oxygen atoms in total. The average Bonchev–Trinajstić information content (AvgIpc) is 3.26. The van der Waals surface area contributed by atoms with E-state index in [0.717, 1.165) is 45.3 Å². The second kappa shape index (κ2) is 9.01. The zero-order chi connectivity index (χ0) is 20.1. The lowest BCUT2D eigenvalue weighted by Crippen LogP contribution is -2.00. The van der Waals surface area contributed by atoms with Crippen molar-refractivity contribution in [3.8, 4) is 22.0 Å². The van der Waals surface area contributed by atoms with Crippen molar-refractivity contribution in [1.82, 2.24) is 15.0 Å². The minimum atomic E-state index is 0. The number of thiazole rings is 1. The largest absolute Gasteiger partial charge is 0.360 e. The number of hydrogen-bond acceptors (Lipinski definition) is 3. The number of aromatic nitrogens is 3. The summed E-state index contributed by atoms with van der Waals surface area (Å²) in [6.45, 7) is 10.5. The summed E-state index contributed by atoms with van der Waals surface area (Å²) < 4.78 is 0. The summed E-state index contributed by atoms with van der Waals surface area (Å²) in [7, 11) is 0. The van der Waals surface area contributed by atoms with Gasteiger partial charge in [0.05, 0.1) is 11.4 Å². The molecule has 0 bridgehead atoms. The Hall–Kier alpha value is -2.68. The van der Waals surface area contributed by atoms with Crippen LogP contribution >= 0.6 is 11.3 Å². The van der Waals surface area contributed by atoms with E-state index < -0.39 is 0 Å². The Morgan fingerprint density at radius 3 is 2.82 bits per heavy atom. The van der Waals surface area contributed by atoms with Gasteiger partial charge in [-0.25, -0.2) is 4.98 Å². The van der Waals surface area contributed by atoms with Gasteiger partial charge in [-0.2, -0.15) is 0 Å². The number of nitrogens with zero attached hydrogens (tertiary/aromatic N) is 2. The van der Waals surface area contributed by atoms with Crippen molar-refractivity contribution in [3.05, 3.63) is 64.1 Å². The molecule has 1 aliphatic carbocycles. The number of nitrogens with one attached hydrogen (secondary N) is 1. The molecule has 0 saturated heterocycles. The van der Waals surface area contributed by atoms with Gasteiger partial charge in [0.2, 0.25) is 0 Å². The first-order valence-corrected chi connectivity index (χ1v) is 10.7. The Balaban J connectivity index is 0.000000970. The van der Waals surface area contributed by atoms with Crippen LogP contribution in [0.25, 0.3) is 34.1 Å². The number of hydrogen-bond donors (Lipinski definition) is 1. The second-order valence-electron chi connectivity index (χ2n) is 6.96. The lowest BCUT2D eigenvalue weighted by Gasteiger charge is -2.09. The fourth-order valence-corrected chi connectivity index (χ4v) is 4.02. The molecule has 4 rings (SSSR count). The molecule has 146 valence electrons.